The number of hydrogen-bond acceptors (Lipinski definition) is 4. The summed E-state index contributed by atoms with van der Waals surface area (Å²) in [7, 11) is 0. The van der Waals surface area contributed by atoms with Gasteiger partial charge in [-0.05, 0) is 24.3 Å². The lowest BCUT2D eigenvalue weighted by Gasteiger charge is -2.27. The second-order valence-corrected chi connectivity index (χ2v) is 6.07. The number of hydrogen-bond donors (Lipinski definition) is 0. The van der Waals surface area contributed by atoms with E-state index in [0.29, 0.717) is 16.5 Å². The Labute approximate surface area is 137 Å². The molecule has 1 amide bonds. The van der Waals surface area contributed by atoms with Gasteiger partial charge in [0, 0.05) is 4.90 Å². The van der Waals surface area contributed by atoms with Gasteiger partial charge in [-0.1, -0.05) is 35.9 Å². The summed E-state index contributed by atoms with van der Waals surface area (Å²) in [6.45, 7) is -0.137. The Hall–Kier alpha value is -1.98. The normalized spacial score (nSPS) is 13.7. The van der Waals surface area contributed by atoms with Crippen LogP contribution in [0.25, 0.3) is 0 Å². The van der Waals surface area contributed by atoms with Crippen molar-refractivity contribution >= 4 is 40.9 Å². The van der Waals surface area contributed by atoms with Crippen molar-refractivity contribution in [3.05, 3.63) is 53.6 Å². The van der Waals surface area contributed by atoms with Crippen LogP contribution in [0.2, 0.25) is 5.02 Å². The van der Waals surface area contributed by atoms with Gasteiger partial charge in [0.1, 0.15) is 12.3 Å². The minimum Gasteiger partial charge on any atom is -0.424 e. The van der Waals surface area contributed by atoms with Crippen LogP contribution < -0.4 is 9.64 Å². The maximum absolute atomic E-state index is 12.1. The van der Waals surface area contributed by atoms with Crippen molar-refractivity contribution in [2.24, 2.45) is 0 Å². The smallest absolute Gasteiger partial charge is 0.331 e. The third kappa shape index (κ3) is 3.10. The second-order valence-electron chi connectivity index (χ2n) is 4.64. The summed E-state index contributed by atoms with van der Waals surface area (Å²) in [5, 5.41) is 0.358. The highest BCUT2D eigenvalue weighted by atomic mass is 35.5. The highest BCUT2D eigenvalue weighted by Crippen LogP contribution is 2.34. The average Bonchev–Trinajstić information content (AvgIpc) is 2.52. The van der Waals surface area contributed by atoms with E-state index in [-0.39, 0.29) is 12.5 Å². The van der Waals surface area contributed by atoms with Gasteiger partial charge in [0.2, 0.25) is 5.91 Å². The molecular formula is C16H12ClNO3S. The van der Waals surface area contributed by atoms with E-state index in [1.165, 1.54) is 16.7 Å². The van der Waals surface area contributed by atoms with Crippen molar-refractivity contribution < 1.29 is 14.3 Å². The van der Waals surface area contributed by atoms with E-state index >= 15 is 0 Å². The molecule has 0 spiro atoms. The first kappa shape index (κ1) is 14.9. The molecule has 0 N–H and O–H groups in total. The number of fused-ring (bicyclic) bond motifs is 1. The lowest BCUT2D eigenvalue weighted by molar-refractivity contribution is -0.134. The predicted octanol–water partition coefficient (Wildman–Crippen LogP) is 3.38. The minimum absolute atomic E-state index is 0.111. The van der Waals surface area contributed by atoms with E-state index < -0.39 is 5.97 Å². The lowest BCUT2D eigenvalue weighted by Crippen LogP contribution is -2.40. The van der Waals surface area contributed by atoms with Crippen LogP contribution in [0.5, 0.6) is 5.75 Å². The Morgan fingerprint density at radius 3 is 2.73 bits per heavy atom. The van der Waals surface area contributed by atoms with Crippen LogP contribution in [0.3, 0.4) is 0 Å². The first-order valence-corrected chi connectivity index (χ1v) is 7.99. The number of benzene rings is 2. The van der Waals surface area contributed by atoms with Gasteiger partial charge in [0.25, 0.3) is 0 Å². The fourth-order valence-electron chi connectivity index (χ4n) is 2.14. The number of carbonyl (C=O) groups is 2. The molecule has 0 fully saturated rings. The van der Waals surface area contributed by atoms with E-state index in [0.717, 1.165) is 10.6 Å². The zero-order valence-electron chi connectivity index (χ0n) is 11.5. The number of carbonyl (C=O) groups excluding carboxylic acids is 2. The van der Waals surface area contributed by atoms with Gasteiger partial charge < -0.3 is 4.74 Å². The first-order valence-electron chi connectivity index (χ1n) is 6.62. The van der Waals surface area contributed by atoms with Gasteiger partial charge in [0.15, 0.2) is 0 Å². The first-order chi connectivity index (χ1) is 10.6. The summed E-state index contributed by atoms with van der Waals surface area (Å²) in [6.07, 6.45) is 0. The molecule has 112 valence electrons. The molecule has 4 nitrogen and oxygen atoms in total. The quantitative estimate of drug-likeness (QED) is 0.638. The molecule has 0 aliphatic carbocycles. The van der Waals surface area contributed by atoms with Gasteiger partial charge in [0.05, 0.1) is 16.5 Å². The molecule has 0 bridgehead atoms. The molecule has 1 aliphatic rings. The zero-order chi connectivity index (χ0) is 15.5. The number of amides is 1. The number of ether oxygens (including phenoxy) is 1. The number of anilines is 1. The number of esters is 1. The Morgan fingerprint density at radius 1 is 1.18 bits per heavy atom. The van der Waals surface area contributed by atoms with Gasteiger partial charge in [-0.15, -0.1) is 11.8 Å². The summed E-state index contributed by atoms with van der Waals surface area (Å²) in [5.74, 6) is -0.0274. The molecule has 0 radical (unpaired) electrons. The predicted molar refractivity (Wildman–Crippen MR) is 86.6 cm³/mol. The maximum Gasteiger partial charge on any atom is 0.331 e. The molecule has 0 aromatic heterocycles. The average molecular weight is 334 g/mol. The molecule has 2 aromatic carbocycles. The summed E-state index contributed by atoms with van der Waals surface area (Å²) in [5.41, 5.74) is 0.736. The highest BCUT2D eigenvalue weighted by molar-refractivity contribution is 8.00. The zero-order valence-corrected chi connectivity index (χ0v) is 13.1. The molecule has 3 rings (SSSR count). The Balaban J connectivity index is 1.77. The van der Waals surface area contributed by atoms with E-state index in [1.807, 2.05) is 24.3 Å². The van der Waals surface area contributed by atoms with E-state index in [1.54, 1.807) is 24.3 Å². The number of thioether (sulfide) groups is 1. The molecule has 0 saturated carbocycles. The van der Waals surface area contributed by atoms with Crippen LogP contribution in [0.4, 0.5) is 5.69 Å². The van der Waals surface area contributed by atoms with E-state index in [9.17, 15) is 9.59 Å². The maximum atomic E-state index is 12.1. The van der Waals surface area contributed by atoms with Gasteiger partial charge in [-0.3, -0.25) is 9.69 Å². The van der Waals surface area contributed by atoms with Crippen molar-refractivity contribution in [3.63, 3.8) is 0 Å². The molecule has 0 saturated heterocycles. The monoisotopic (exact) mass is 333 g/mol. The Kier molecular flexibility index (Phi) is 4.36. The van der Waals surface area contributed by atoms with Crippen LogP contribution in [0.15, 0.2) is 53.4 Å². The molecule has 0 atom stereocenters. The number of nitrogens with zero attached hydrogens (tertiary/aromatic N) is 1. The third-order valence-electron chi connectivity index (χ3n) is 3.16. The fourth-order valence-corrected chi connectivity index (χ4v) is 3.25. The SMILES string of the molecule is O=C(CN1C(=O)CSc2ccccc21)Oc1ccccc1Cl. The van der Waals surface area contributed by atoms with Crippen LogP contribution in [0.1, 0.15) is 0 Å². The minimum atomic E-state index is -0.525. The van der Waals surface area contributed by atoms with Crippen LogP contribution in [-0.2, 0) is 9.59 Å². The summed E-state index contributed by atoms with van der Waals surface area (Å²) in [6, 6.07) is 14.2. The lowest BCUT2D eigenvalue weighted by atomic mass is 10.2. The van der Waals surface area contributed by atoms with Crippen molar-refractivity contribution in [1.82, 2.24) is 0 Å². The van der Waals surface area contributed by atoms with Gasteiger partial charge >= 0.3 is 5.97 Å². The largest absolute Gasteiger partial charge is 0.424 e. The molecule has 0 unspecified atom stereocenters. The molecule has 6 heteroatoms. The van der Waals surface area contributed by atoms with Crippen LogP contribution >= 0.6 is 23.4 Å². The molecule has 2 aromatic rings. The molecule has 22 heavy (non-hydrogen) atoms. The number of para-hydroxylation sites is 2. The molecular weight excluding hydrogens is 322 g/mol. The van der Waals surface area contributed by atoms with E-state index in [2.05, 4.69) is 0 Å². The summed E-state index contributed by atoms with van der Waals surface area (Å²) >= 11 is 7.43. The molecule has 1 aliphatic heterocycles. The summed E-state index contributed by atoms with van der Waals surface area (Å²) < 4.78 is 5.24. The van der Waals surface area contributed by atoms with Gasteiger partial charge in [-0.2, -0.15) is 0 Å². The van der Waals surface area contributed by atoms with Crippen molar-refractivity contribution in [1.29, 1.82) is 0 Å². The number of halogens is 1. The Morgan fingerprint density at radius 2 is 1.91 bits per heavy atom. The Bertz CT molecular complexity index is 735. The topological polar surface area (TPSA) is 46.6 Å². The van der Waals surface area contributed by atoms with E-state index in [4.69, 9.17) is 16.3 Å². The molecule has 1 heterocycles. The van der Waals surface area contributed by atoms with Crippen molar-refractivity contribution in [2.75, 3.05) is 17.2 Å². The second kappa shape index (κ2) is 6.42. The highest BCUT2D eigenvalue weighted by Gasteiger charge is 2.27. The van der Waals surface area contributed by atoms with Crippen molar-refractivity contribution in [2.45, 2.75) is 4.90 Å². The fraction of sp³-hybridized carbons (Fsp3) is 0.125. The standard InChI is InChI=1S/C16H12ClNO3S/c17-11-5-1-3-7-13(11)21-16(20)9-18-12-6-2-4-8-14(12)22-10-15(18)19/h1-8H,9-10H2. The van der Waals surface area contributed by atoms with Crippen molar-refractivity contribution in [3.8, 4) is 5.75 Å². The van der Waals surface area contributed by atoms with Crippen LogP contribution in [-0.4, -0.2) is 24.2 Å². The van der Waals surface area contributed by atoms with Crippen LogP contribution in [0, 0.1) is 0 Å². The third-order valence-corrected chi connectivity index (χ3v) is 4.52. The van der Waals surface area contributed by atoms with Gasteiger partial charge in [-0.25, -0.2) is 4.79 Å². The number of rotatable bonds is 3. The summed E-state index contributed by atoms with van der Waals surface area (Å²) in [4.78, 5) is 26.6.